The minimum Gasteiger partial charge on any atom is -0.342 e. The lowest BCUT2D eigenvalue weighted by Crippen LogP contribution is -2.29. The van der Waals surface area contributed by atoms with Crippen LogP contribution in [0.15, 0.2) is 41.6 Å². The molecule has 2 N–H and O–H groups in total. The molecule has 2 atom stereocenters. The van der Waals surface area contributed by atoms with Crippen molar-refractivity contribution in [1.29, 1.82) is 0 Å². The summed E-state index contributed by atoms with van der Waals surface area (Å²) in [4.78, 5) is 37.1. The van der Waals surface area contributed by atoms with Crippen LogP contribution in [0.4, 0.5) is 14.7 Å². The number of rotatable bonds is 7. The molecule has 0 spiro atoms. The Morgan fingerprint density at radius 1 is 1.23 bits per heavy atom. The second-order valence-corrected chi connectivity index (χ2v) is 10.4. The van der Waals surface area contributed by atoms with E-state index in [0.717, 1.165) is 10.9 Å². The molecule has 2 unspecified atom stereocenters. The van der Waals surface area contributed by atoms with Crippen LogP contribution in [-0.2, 0) is 14.6 Å². The van der Waals surface area contributed by atoms with E-state index in [0.29, 0.717) is 0 Å². The third-order valence-electron chi connectivity index (χ3n) is 5.05. The number of aromatic nitrogens is 5. The van der Waals surface area contributed by atoms with Crippen molar-refractivity contribution in [3.05, 3.63) is 53.1 Å². The zero-order valence-electron chi connectivity index (χ0n) is 18.2. The minimum absolute atomic E-state index is 0.0173. The number of benzene rings is 1. The molecule has 2 aromatic heterocycles. The van der Waals surface area contributed by atoms with E-state index in [1.807, 2.05) is 0 Å². The van der Waals surface area contributed by atoms with Crippen LogP contribution < -0.4 is 10.6 Å². The van der Waals surface area contributed by atoms with E-state index in [9.17, 15) is 26.8 Å². The van der Waals surface area contributed by atoms with E-state index in [-0.39, 0.29) is 33.2 Å². The summed E-state index contributed by atoms with van der Waals surface area (Å²) in [6, 6.07) is 4.38. The molecule has 1 aliphatic carbocycles. The molecule has 1 aliphatic rings. The first-order valence-corrected chi connectivity index (χ1v) is 12.4. The SMILES string of the molecule is CC(NC(=O)c1cc(Cl)cc(S(C)(=O)=O)c1)c1nc(NC(=O)C2CC2(F)F)nn1-c1ncccn1. The molecule has 11 nitrogen and oxygen atoms in total. The number of alkyl halides is 2. The van der Waals surface area contributed by atoms with Gasteiger partial charge in [0.25, 0.3) is 17.8 Å². The zero-order valence-corrected chi connectivity index (χ0v) is 19.8. The van der Waals surface area contributed by atoms with Gasteiger partial charge in [0.2, 0.25) is 11.9 Å². The minimum atomic E-state index is -3.62. The van der Waals surface area contributed by atoms with Crippen LogP contribution in [0, 0.1) is 5.92 Å². The summed E-state index contributed by atoms with van der Waals surface area (Å²) in [6.07, 6.45) is 3.28. The predicted octanol–water partition coefficient (Wildman–Crippen LogP) is 2.20. The van der Waals surface area contributed by atoms with Gasteiger partial charge in [-0.3, -0.25) is 14.9 Å². The fourth-order valence-electron chi connectivity index (χ4n) is 3.15. The molecular formula is C20H18ClF2N7O4S. The fourth-order valence-corrected chi connectivity index (χ4v) is 4.13. The van der Waals surface area contributed by atoms with Gasteiger partial charge in [-0.1, -0.05) is 11.6 Å². The van der Waals surface area contributed by atoms with Gasteiger partial charge in [0, 0.05) is 35.7 Å². The number of carbonyl (C=O) groups excluding carboxylic acids is 2. The molecule has 0 aliphatic heterocycles. The number of nitrogens with zero attached hydrogens (tertiary/aromatic N) is 5. The van der Waals surface area contributed by atoms with E-state index < -0.39 is 46.0 Å². The first-order valence-electron chi connectivity index (χ1n) is 10.1. The average Bonchev–Trinajstić information content (AvgIpc) is 3.23. The number of hydrogen-bond donors (Lipinski definition) is 2. The highest BCUT2D eigenvalue weighted by Gasteiger charge is 2.61. The molecule has 3 aromatic rings. The van der Waals surface area contributed by atoms with Gasteiger partial charge in [0.15, 0.2) is 15.7 Å². The van der Waals surface area contributed by atoms with Crippen molar-refractivity contribution < 1.29 is 26.8 Å². The summed E-state index contributed by atoms with van der Waals surface area (Å²) >= 11 is 5.98. The van der Waals surface area contributed by atoms with Crippen LogP contribution >= 0.6 is 11.6 Å². The third-order valence-corrected chi connectivity index (χ3v) is 6.36. The highest BCUT2D eigenvalue weighted by atomic mass is 35.5. The van der Waals surface area contributed by atoms with Gasteiger partial charge in [0.1, 0.15) is 5.92 Å². The number of amides is 2. The fraction of sp³-hybridized carbons (Fsp3) is 0.300. The molecule has 15 heteroatoms. The van der Waals surface area contributed by atoms with Gasteiger partial charge in [0.05, 0.1) is 10.9 Å². The number of nitrogens with one attached hydrogen (secondary N) is 2. The van der Waals surface area contributed by atoms with Crippen LogP contribution in [-0.4, -0.2) is 57.1 Å². The maximum absolute atomic E-state index is 13.2. The molecule has 184 valence electrons. The van der Waals surface area contributed by atoms with Crippen LogP contribution in [0.5, 0.6) is 0 Å². The maximum Gasteiger partial charge on any atom is 0.260 e. The highest BCUT2D eigenvalue weighted by Crippen LogP contribution is 2.49. The van der Waals surface area contributed by atoms with Gasteiger partial charge in [-0.05, 0) is 31.2 Å². The second kappa shape index (κ2) is 8.92. The van der Waals surface area contributed by atoms with Crippen molar-refractivity contribution in [2.24, 2.45) is 5.92 Å². The zero-order chi connectivity index (χ0) is 25.5. The van der Waals surface area contributed by atoms with Gasteiger partial charge < -0.3 is 5.32 Å². The van der Waals surface area contributed by atoms with Crippen molar-refractivity contribution >= 4 is 39.2 Å². The van der Waals surface area contributed by atoms with Crippen LogP contribution in [0.3, 0.4) is 0 Å². The van der Waals surface area contributed by atoms with Crippen molar-refractivity contribution in [3.8, 4) is 5.95 Å². The van der Waals surface area contributed by atoms with Gasteiger partial charge in [-0.2, -0.15) is 9.67 Å². The number of halogens is 3. The lowest BCUT2D eigenvalue weighted by molar-refractivity contribution is -0.119. The van der Waals surface area contributed by atoms with Gasteiger partial charge in [-0.25, -0.2) is 27.2 Å². The smallest absolute Gasteiger partial charge is 0.260 e. The Morgan fingerprint density at radius 2 is 1.89 bits per heavy atom. The monoisotopic (exact) mass is 525 g/mol. The van der Waals surface area contributed by atoms with E-state index in [1.54, 1.807) is 13.0 Å². The van der Waals surface area contributed by atoms with E-state index in [1.165, 1.54) is 30.6 Å². The average molecular weight is 526 g/mol. The standard InChI is InChI=1S/C20H18ClF2N7O4S/c1-10(26-16(31)11-6-12(21)8-13(7-11)35(2,33)34)15-27-18(28-17(32)14-9-20(14,22)23)29-30(15)19-24-4-3-5-25-19/h3-8,10,14H,9H2,1-2H3,(H,26,31)(H,28,29,32). The Hall–Kier alpha value is -3.52. The third kappa shape index (κ3) is 5.43. The summed E-state index contributed by atoms with van der Waals surface area (Å²) in [5.41, 5.74) is -0.0173. The summed E-state index contributed by atoms with van der Waals surface area (Å²) in [6.45, 7) is 1.55. The first kappa shape index (κ1) is 24.6. The van der Waals surface area contributed by atoms with Gasteiger partial charge >= 0.3 is 0 Å². The molecule has 2 amide bonds. The van der Waals surface area contributed by atoms with Crippen LogP contribution in [0.2, 0.25) is 5.02 Å². The molecule has 0 bridgehead atoms. The summed E-state index contributed by atoms with van der Waals surface area (Å²) in [7, 11) is -3.62. The Labute approximate surface area is 202 Å². The molecule has 1 saturated carbocycles. The lowest BCUT2D eigenvalue weighted by atomic mass is 10.2. The Kier molecular flexibility index (Phi) is 6.27. The Bertz CT molecular complexity index is 1420. The quantitative estimate of drug-likeness (QED) is 0.477. The van der Waals surface area contributed by atoms with Gasteiger partial charge in [-0.15, -0.1) is 5.10 Å². The largest absolute Gasteiger partial charge is 0.342 e. The van der Waals surface area contributed by atoms with Crippen molar-refractivity contribution in [3.63, 3.8) is 0 Å². The summed E-state index contributed by atoms with van der Waals surface area (Å²) < 4.78 is 51.4. The number of sulfone groups is 1. The van der Waals surface area contributed by atoms with E-state index in [4.69, 9.17) is 11.6 Å². The number of hydrogen-bond acceptors (Lipinski definition) is 8. The topological polar surface area (TPSA) is 149 Å². The molecule has 2 heterocycles. The summed E-state index contributed by atoms with van der Waals surface area (Å²) in [5.74, 6) is -6.28. The normalized spacial score (nSPS) is 17.5. The highest BCUT2D eigenvalue weighted by molar-refractivity contribution is 7.90. The predicted molar refractivity (Wildman–Crippen MR) is 119 cm³/mol. The molecule has 0 radical (unpaired) electrons. The molecule has 35 heavy (non-hydrogen) atoms. The molecule has 1 aromatic carbocycles. The van der Waals surface area contributed by atoms with Crippen molar-refractivity contribution in [1.82, 2.24) is 30.0 Å². The summed E-state index contributed by atoms with van der Waals surface area (Å²) in [5, 5.41) is 9.03. The van der Waals surface area contributed by atoms with E-state index >= 15 is 0 Å². The van der Waals surface area contributed by atoms with Crippen molar-refractivity contribution in [2.75, 3.05) is 11.6 Å². The maximum atomic E-state index is 13.2. The van der Waals surface area contributed by atoms with Crippen LogP contribution in [0.1, 0.15) is 35.6 Å². The number of anilines is 1. The molecule has 1 fully saturated rings. The first-order chi connectivity index (χ1) is 16.3. The Balaban J connectivity index is 1.62. The molecule has 4 rings (SSSR count). The Morgan fingerprint density at radius 3 is 2.49 bits per heavy atom. The second-order valence-electron chi connectivity index (χ2n) is 7.90. The molecular weight excluding hydrogens is 508 g/mol. The lowest BCUT2D eigenvalue weighted by Gasteiger charge is -2.14. The molecule has 0 saturated heterocycles. The van der Waals surface area contributed by atoms with Crippen LogP contribution in [0.25, 0.3) is 5.95 Å². The number of carbonyl (C=O) groups is 2. The van der Waals surface area contributed by atoms with E-state index in [2.05, 4.69) is 30.7 Å². The van der Waals surface area contributed by atoms with Crippen molar-refractivity contribution in [2.45, 2.75) is 30.2 Å².